The molecule has 2 aliphatic heterocycles. The Balaban J connectivity index is 1.24. The Bertz CT molecular complexity index is 2590. The summed E-state index contributed by atoms with van der Waals surface area (Å²) in [6.07, 6.45) is 11.6. The van der Waals surface area contributed by atoms with Gasteiger partial charge in [0.2, 0.25) is 5.70 Å². The van der Waals surface area contributed by atoms with Crippen molar-refractivity contribution in [2.24, 2.45) is 0 Å². The van der Waals surface area contributed by atoms with Crippen molar-refractivity contribution in [2.75, 3.05) is 37.8 Å². The third-order valence-electron chi connectivity index (χ3n) is 10.9. The highest BCUT2D eigenvalue weighted by molar-refractivity contribution is 7.14. The first kappa shape index (κ1) is 43.1. The number of allylic oxidation sites excluding steroid dienone is 1. The van der Waals surface area contributed by atoms with E-state index in [0.29, 0.717) is 36.9 Å². The zero-order valence-corrected chi connectivity index (χ0v) is 35.8. The van der Waals surface area contributed by atoms with Crippen molar-refractivity contribution in [2.45, 2.75) is 51.7 Å². The van der Waals surface area contributed by atoms with E-state index in [4.69, 9.17) is 25.5 Å². The molecule has 0 saturated carbocycles. The van der Waals surface area contributed by atoms with Gasteiger partial charge >= 0.3 is 0 Å². The summed E-state index contributed by atoms with van der Waals surface area (Å²) in [5.41, 5.74) is 5.05. The number of ether oxygens (including phenoxy) is 4. The monoisotopic (exact) mass is 840 g/mol. The number of hydrogen-bond acceptors (Lipinski definition) is 9. The summed E-state index contributed by atoms with van der Waals surface area (Å²) >= 11 is 1.49. The number of thiophene rings is 1. The lowest BCUT2D eigenvalue weighted by Crippen LogP contribution is -2.25. The maximum Gasteiger partial charge on any atom is 0.237 e. The summed E-state index contributed by atoms with van der Waals surface area (Å²) in [4.78, 5) is 7.82. The highest BCUT2D eigenvalue weighted by Crippen LogP contribution is 2.50. The van der Waals surface area contributed by atoms with E-state index in [9.17, 15) is 15.6 Å². The van der Waals surface area contributed by atoms with Crippen molar-refractivity contribution >= 4 is 35.3 Å². The minimum Gasteiger partial charge on any atom is -0.488 e. The molecule has 0 saturated heterocycles. The van der Waals surface area contributed by atoms with Gasteiger partial charge < -0.3 is 29.0 Å². The van der Waals surface area contributed by atoms with Crippen molar-refractivity contribution in [1.82, 2.24) is 0 Å². The first-order valence-electron chi connectivity index (χ1n) is 20.9. The number of aliphatic hydroxyl groups excluding tert-OH is 1. The lowest BCUT2D eigenvalue weighted by molar-refractivity contribution is 0.0755. The molecule has 5 aromatic rings. The van der Waals surface area contributed by atoms with Crippen LogP contribution >= 0.6 is 11.3 Å². The first-order chi connectivity index (χ1) is 30.4. The van der Waals surface area contributed by atoms with Crippen molar-refractivity contribution in [1.29, 1.82) is 10.5 Å². The molecule has 0 amide bonds. The maximum absolute atomic E-state index is 9.87. The molecule has 3 heterocycles. The number of nitriles is 2. The normalized spacial score (nSPS) is 15.6. The third-order valence-corrected chi connectivity index (χ3v) is 12.0. The maximum atomic E-state index is 9.87. The Hall–Kier alpha value is -7.03. The van der Waals surface area contributed by atoms with E-state index in [1.807, 2.05) is 128 Å². The molecule has 2 aliphatic rings. The number of hydrogen-bond donors (Lipinski definition) is 1. The van der Waals surface area contributed by atoms with E-state index in [0.717, 1.165) is 87.8 Å². The number of aliphatic hydroxyl groups is 1. The number of unbranched alkanes of at least 4 members (excludes halogenated alkanes) is 2. The highest BCUT2D eigenvalue weighted by atomic mass is 32.1. The van der Waals surface area contributed by atoms with Crippen LogP contribution in [0.4, 0.5) is 5.69 Å². The van der Waals surface area contributed by atoms with Gasteiger partial charge in [-0.15, -0.1) is 11.3 Å². The van der Waals surface area contributed by atoms with E-state index >= 15 is 0 Å². The number of fused-ring (bicyclic) bond motifs is 1. The van der Waals surface area contributed by atoms with Crippen LogP contribution in [0.25, 0.3) is 34.2 Å². The summed E-state index contributed by atoms with van der Waals surface area (Å²) in [6.45, 7) is 15.4. The fourth-order valence-electron chi connectivity index (χ4n) is 7.52. The molecule has 0 fully saturated rings. The molecule has 4 aromatic carbocycles. The standard InChI is InChI=1S/C52H48N4O5S/c1-4-5-28-56(29-12-13-30-57)43-24-20-40(45(33-43)60-36-37-14-8-6-9-15-37)21-26-46-50-51(59-32-31-58-50)47(62-46)27-25-44-48(55-3)49(41(34-53)35-54)61-52(44,2)42-22-18-39(19-23-42)38-16-10-7-11-17-38/h6-11,14-27,33,57H,4-5,12-13,28-32,36H2,1-2H3/b26-21+,27-25+. The van der Waals surface area contributed by atoms with Crippen LogP contribution in [-0.4, -0.2) is 38.0 Å². The van der Waals surface area contributed by atoms with E-state index in [1.165, 1.54) is 11.3 Å². The van der Waals surface area contributed by atoms with Crippen LogP contribution in [0.1, 0.15) is 66.0 Å². The second kappa shape index (κ2) is 20.5. The van der Waals surface area contributed by atoms with Gasteiger partial charge in [0.15, 0.2) is 22.8 Å². The smallest absolute Gasteiger partial charge is 0.237 e. The van der Waals surface area contributed by atoms with Crippen molar-refractivity contribution in [3.05, 3.63) is 170 Å². The molecule has 7 rings (SSSR count). The Labute approximate surface area is 368 Å². The van der Waals surface area contributed by atoms with Gasteiger partial charge in [-0.1, -0.05) is 104 Å². The van der Waals surface area contributed by atoms with E-state index in [-0.39, 0.29) is 23.6 Å². The summed E-state index contributed by atoms with van der Waals surface area (Å²) in [5, 5.41) is 29.2. The minimum absolute atomic E-state index is 0.0364. The van der Waals surface area contributed by atoms with Gasteiger partial charge in [0.1, 0.15) is 43.3 Å². The SMILES string of the molecule is [C-]#[N+]C1=C(/C=C/c2sc(/C=C/c3ccc(N(CCCC)CCCCO)cc3OCc3ccccc3)c3c2OCCO3)C(C)(c2ccc(-c3ccccc3)cc2)OC1=C(C#N)C#N. The topological polar surface area (TPSA) is 112 Å². The number of benzene rings is 4. The molecule has 0 aliphatic carbocycles. The quantitative estimate of drug-likeness (QED) is 0.0559. The van der Waals surface area contributed by atoms with E-state index in [2.05, 4.69) is 34.9 Å². The molecule has 9 nitrogen and oxygen atoms in total. The molecule has 10 heteroatoms. The lowest BCUT2D eigenvalue weighted by Gasteiger charge is -2.28. The number of anilines is 1. The highest BCUT2D eigenvalue weighted by Gasteiger charge is 2.44. The van der Waals surface area contributed by atoms with Crippen LogP contribution in [0, 0.1) is 29.2 Å². The van der Waals surface area contributed by atoms with Crippen LogP contribution in [0.2, 0.25) is 0 Å². The zero-order valence-electron chi connectivity index (χ0n) is 35.0. The van der Waals surface area contributed by atoms with Crippen LogP contribution < -0.4 is 19.1 Å². The van der Waals surface area contributed by atoms with Gasteiger partial charge in [0, 0.05) is 42.6 Å². The second-order valence-corrected chi connectivity index (χ2v) is 16.1. The number of rotatable bonds is 17. The molecule has 0 spiro atoms. The average Bonchev–Trinajstić information content (AvgIpc) is 3.82. The van der Waals surface area contributed by atoms with Gasteiger partial charge in [0.05, 0.1) is 16.3 Å². The number of nitrogens with zero attached hydrogens (tertiary/aromatic N) is 4. The summed E-state index contributed by atoms with van der Waals surface area (Å²) in [7, 11) is 0. The van der Waals surface area contributed by atoms with Gasteiger partial charge in [-0.3, -0.25) is 0 Å². The Kier molecular flexibility index (Phi) is 14.2. The average molecular weight is 841 g/mol. The molecule has 62 heavy (non-hydrogen) atoms. The predicted octanol–water partition coefficient (Wildman–Crippen LogP) is 11.7. The van der Waals surface area contributed by atoms with Gasteiger partial charge in [-0.25, -0.2) is 4.85 Å². The fraction of sp³-hybridized carbons (Fsp3) is 0.250. The van der Waals surface area contributed by atoms with Gasteiger partial charge in [-0.05, 0) is 78.8 Å². The van der Waals surface area contributed by atoms with Crippen molar-refractivity contribution in [3.63, 3.8) is 0 Å². The summed E-state index contributed by atoms with van der Waals surface area (Å²) < 4.78 is 25.4. The minimum atomic E-state index is -1.19. The van der Waals surface area contributed by atoms with Crippen LogP contribution in [0.3, 0.4) is 0 Å². The molecule has 1 aromatic heterocycles. The third kappa shape index (κ3) is 9.62. The molecule has 1 N–H and O–H groups in total. The zero-order chi connectivity index (χ0) is 43.3. The first-order valence-corrected chi connectivity index (χ1v) is 21.7. The van der Waals surface area contributed by atoms with Crippen molar-refractivity contribution < 1.29 is 24.1 Å². The molecule has 1 atom stereocenters. The molecule has 0 bridgehead atoms. The lowest BCUT2D eigenvalue weighted by atomic mass is 9.86. The van der Waals surface area contributed by atoms with E-state index in [1.54, 1.807) is 0 Å². The predicted molar refractivity (Wildman–Crippen MR) is 246 cm³/mol. The Morgan fingerprint density at radius 2 is 1.48 bits per heavy atom. The molecule has 1 unspecified atom stereocenters. The van der Waals surface area contributed by atoms with Crippen LogP contribution in [0.5, 0.6) is 17.2 Å². The summed E-state index contributed by atoms with van der Waals surface area (Å²) in [5.74, 6) is 1.95. The van der Waals surface area contributed by atoms with Crippen molar-refractivity contribution in [3.8, 4) is 40.5 Å². The van der Waals surface area contributed by atoms with Gasteiger partial charge in [-0.2, -0.15) is 10.5 Å². The Morgan fingerprint density at radius 1 is 0.839 bits per heavy atom. The second-order valence-electron chi connectivity index (χ2n) is 15.0. The molecule has 0 radical (unpaired) electrons. The molecule has 312 valence electrons. The van der Waals surface area contributed by atoms with Crippen LogP contribution in [-0.2, 0) is 16.9 Å². The van der Waals surface area contributed by atoms with Gasteiger partial charge in [0.25, 0.3) is 0 Å². The fourth-order valence-corrected chi connectivity index (χ4v) is 8.51. The van der Waals surface area contributed by atoms with E-state index < -0.39 is 5.60 Å². The molecular weight excluding hydrogens is 793 g/mol. The molecular formula is C52H48N4O5S. The van der Waals surface area contributed by atoms with Crippen LogP contribution in [0.15, 0.2) is 132 Å². The largest absolute Gasteiger partial charge is 0.488 e. The summed E-state index contributed by atoms with van der Waals surface area (Å²) in [6, 6.07) is 38.2. The Morgan fingerprint density at radius 3 is 2.13 bits per heavy atom.